The van der Waals surface area contributed by atoms with E-state index < -0.39 is 0 Å². The first-order valence-electron chi connectivity index (χ1n) is 12.4. The Kier molecular flexibility index (Phi) is 14.0. The van der Waals surface area contributed by atoms with E-state index in [4.69, 9.17) is 4.99 Å². The van der Waals surface area contributed by atoms with E-state index in [1.807, 2.05) is 0 Å². The molecule has 168 valence electrons. The Morgan fingerprint density at radius 3 is 2.17 bits per heavy atom. The van der Waals surface area contributed by atoms with Gasteiger partial charge >= 0.3 is 0 Å². The smallest absolute Gasteiger partial charge is 0.221 e. The summed E-state index contributed by atoms with van der Waals surface area (Å²) < 4.78 is 0.854. The molecule has 0 spiro atoms. The number of carbonyl (C=O) groups is 1. The number of hydrogen-bond donors (Lipinski definition) is 1. The average molecular weight is 407 g/mol. The van der Waals surface area contributed by atoms with Crippen LogP contribution >= 0.6 is 0 Å². The second-order valence-corrected chi connectivity index (χ2v) is 8.73. The van der Waals surface area contributed by atoms with Gasteiger partial charge in [-0.3, -0.25) is 9.28 Å². The second-order valence-electron chi connectivity index (χ2n) is 8.73. The molecule has 2 unspecified atom stereocenters. The van der Waals surface area contributed by atoms with Gasteiger partial charge in [0.25, 0.3) is 0 Å². The van der Waals surface area contributed by atoms with E-state index in [1.54, 1.807) is 6.92 Å². The molecule has 0 aliphatic carbocycles. The van der Waals surface area contributed by atoms with Crippen molar-refractivity contribution in [1.29, 1.82) is 0 Å². The predicted molar refractivity (Wildman–Crippen MR) is 126 cm³/mol. The monoisotopic (exact) mass is 406 g/mol. The van der Waals surface area contributed by atoms with Gasteiger partial charge < -0.3 is 5.32 Å². The van der Waals surface area contributed by atoms with E-state index >= 15 is 0 Å². The van der Waals surface area contributed by atoms with Gasteiger partial charge in [-0.2, -0.15) is 0 Å². The highest BCUT2D eigenvalue weighted by Gasteiger charge is 2.41. The van der Waals surface area contributed by atoms with Crippen LogP contribution in [-0.4, -0.2) is 42.0 Å². The third kappa shape index (κ3) is 9.93. The van der Waals surface area contributed by atoms with Crippen molar-refractivity contribution in [2.24, 2.45) is 4.99 Å². The molecule has 0 saturated carbocycles. The standard InChI is InChI=1S/C25H47N3O/c1-5-7-8-9-10-11-12-13-14-15-16-17-18-19-20-25-26-21-22-28(25,6-2)23(3)27-24(4)29/h8-9,23H,5-7,10-22H2,1-4H3/p+1/b9-8+. The molecular weight excluding hydrogens is 358 g/mol. The van der Waals surface area contributed by atoms with Crippen molar-refractivity contribution in [3.8, 4) is 0 Å². The molecule has 29 heavy (non-hydrogen) atoms. The molecule has 4 nitrogen and oxygen atoms in total. The first-order valence-corrected chi connectivity index (χ1v) is 12.4. The lowest BCUT2D eigenvalue weighted by Crippen LogP contribution is -2.62. The SMILES string of the molecule is CCC/C=C/CCCCCCCCCCCC1=NCC[N+]1(CC)C(C)NC(C)=O. The van der Waals surface area contributed by atoms with Crippen LogP contribution in [0.2, 0.25) is 0 Å². The number of hydrogen-bond acceptors (Lipinski definition) is 2. The number of amidine groups is 1. The van der Waals surface area contributed by atoms with Crippen LogP contribution in [0.25, 0.3) is 0 Å². The van der Waals surface area contributed by atoms with Crippen molar-refractivity contribution in [3.05, 3.63) is 12.2 Å². The number of allylic oxidation sites excluding steroid dienone is 2. The van der Waals surface area contributed by atoms with Crippen molar-refractivity contribution >= 4 is 11.7 Å². The van der Waals surface area contributed by atoms with E-state index in [1.165, 1.54) is 82.9 Å². The lowest BCUT2D eigenvalue weighted by Gasteiger charge is -2.39. The van der Waals surface area contributed by atoms with E-state index in [9.17, 15) is 4.79 Å². The fourth-order valence-corrected chi connectivity index (χ4v) is 4.56. The number of aliphatic imine (C=N–C) groups is 1. The molecule has 4 heteroatoms. The van der Waals surface area contributed by atoms with Gasteiger partial charge in [0.2, 0.25) is 5.91 Å². The highest BCUT2D eigenvalue weighted by Crippen LogP contribution is 2.23. The lowest BCUT2D eigenvalue weighted by atomic mass is 10.0. The third-order valence-electron chi connectivity index (χ3n) is 6.42. The summed E-state index contributed by atoms with van der Waals surface area (Å²) >= 11 is 0. The molecular formula is C25H48N3O+. The molecule has 1 heterocycles. The summed E-state index contributed by atoms with van der Waals surface area (Å²) in [4.78, 5) is 16.3. The zero-order valence-corrected chi connectivity index (χ0v) is 19.8. The fourth-order valence-electron chi connectivity index (χ4n) is 4.56. The van der Waals surface area contributed by atoms with Crippen molar-refractivity contribution in [3.63, 3.8) is 0 Å². The predicted octanol–water partition coefficient (Wildman–Crippen LogP) is 6.36. The topological polar surface area (TPSA) is 41.5 Å². The lowest BCUT2D eigenvalue weighted by molar-refractivity contribution is -0.861. The number of nitrogens with zero attached hydrogens (tertiary/aromatic N) is 2. The van der Waals surface area contributed by atoms with Crippen LogP contribution in [0, 0.1) is 0 Å². The number of likely N-dealkylation sites (N-methyl/N-ethyl adjacent to an activating group) is 1. The largest absolute Gasteiger partial charge is 0.307 e. The molecule has 1 N–H and O–H groups in total. The third-order valence-corrected chi connectivity index (χ3v) is 6.42. The van der Waals surface area contributed by atoms with Gasteiger partial charge in [0.15, 0.2) is 12.0 Å². The van der Waals surface area contributed by atoms with Crippen LogP contribution in [0.5, 0.6) is 0 Å². The maximum atomic E-state index is 11.5. The molecule has 0 bridgehead atoms. The van der Waals surface area contributed by atoms with Gasteiger partial charge in [0, 0.05) is 20.3 Å². The Morgan fingerprint density at radius 1 is 1.00 bits per heavy atom. The molecule has 1 amide bonds. The zero-order chi connectivity index (χ0) is 21.4. The van der Waals surface area contributed by atoms with E-state index in [-0.39, 0.29) is 12.1 Å². The van der Waals surface area contributed by atoms with Gasteiger partial charge in [-0.25, -0.2) is 4.99 Å². The van der Waals surface area contributed by atoms with Crippen LogP contribution in [0.15, 0.2) is 17.1 Å². The highest BCUT2D eigenvalue weighted by atomic mass is 16.1. The number of quaternary nitrogens is 1. The molecule has 1 rings (SSSR count). The fraction of sp³-hybridized carbons (Fsp3) is 0.840. The normalized spacial score (nSPS) is 20.2. The Hall–Kier alpha value is -1.16. The number of rotatable bonds is 17. The van der Waals surface area contributed by atoms with Gasteiger partial charge in [-0.15, -0.1) is 0 Å². The van der Waals surface area contributed by atoms with Gasteiger partial charge in [-0.05, 0) is 32.6 Å². The molecule has 0 aromatic heterocycles. The van der Waals surface area contributed by atoms with E-state index in [0.29, 0.717) is 0 Å². The Morgan fingerprint density at radius 2 is 1.59 bits per heavy atom. The maximum absolute atomic E-state index is 11.5. The summed E-state index contributed by atoms with van der Waals surface area (Å²) in [6, 6.07) is 0. The molecule has 0 aromatic rings. The summed E-state index contributed by atoms with van der Waals surface area (Å²) in [5.41, 5.74) is 0. The average Bonchev–Trinajstić information content (AvgIpc) is 3.12. The van der Waals surface area contributed by atoms with Gasteiger partial charge in [-0.1, -0.05) is 70.4 Å². The van der Waals surface area contributed by atoms with E-state index in [2.05, 4.69) is 38.2 Å². The first kappa shape index (κ1) is 25.9. The molecule has 0 saturated heterocycles. The number of amides is 1. The highest BCUT2D eigenvalue weighted by molar-refractivity contribution is 5.78. The van der Waals surface area contributed by atoms with Crippen LogP contribution in [-0.2, 0) is 4.79 Å². The van der Waals surface area contributed by atoms with Crippen molar-refractivity contribution in [2.75, 3.05) is 19.6 Å². The molecule has 0 radical (unpaired) electrons. The van der Waals surface area contributed by atoms with Gasteiger partial charge in [0.1, 0.15) is 6.54 Å². The number of nitrogens with one attached hydrogen (secondary N) is 1. The molecule has 1 aliphatic heterocycles. The summed E-state index contributed by atoms with van der Waals surface area (Å²) in [7, 11) is 0. The van der Waals surface area contributed by atoms with Crippen molar-refractivity contribution in [2.45, 2.75) is 117 Å². The van der Waals surface area contributed by atoms with Crippen molar-refractivity contribution in [1.82, 2.24) is 5.32 Å². The second kappa shape index (κ2) is 15.6. The van der Waals surface area contributed by atoms with E-state index in [0.717, 1.165) is 30.5 Å². The Labute approximate surface area is 180 Å². The number of carbonyl (C=O) groups excluding carboxylic acids is 1. The Balaban J connectivity index is 2.09. The quantitative estimate of drug-likeness (QED) is 0.170. The minimum atomic E-state index is 0.0580. The van der Waals surface area contributed by atoms with Gasteiger partial charge in [0.05, 0.1) is 13.1 Å². The maximum Gasteiger partial charge on any atom is 0.221 e. The number of unbranched alkanes of at least 4 members (excludes halogenated alkanes) is 10. The van der Waals surface area contributed by atoms with Crippen molar-refractivity contribution < 1.29 is 9.28 Å². The molecule has 0 fully saturated rings. The molecule has 2 atom stereocenters. The van der Waals surface area contributed by atoms with Crippen LogP contribution in [0.3, 0.4) is 0 Å². The first-order chi connectivity index (χ1) is 14.1. The minimum Gasteiger partial charge on any atom is -0.307 e. The van der Waals surface area contributed by atoms with Crippen LogP contribution in [0.4, 0.5) is 0 Å². The summed E-state index contributed by atoms with van der Waals surface area (Å²) in [6.45, 7) is 11.1. The summed E-state index contributed by atoms with van der Waals surface area (Å²) in [6.07, 6.45) is 21.9. The summed E-state index contributed by atoms with van der Waals surface area (Å²) in [5.74, 6) is 1.37. The van der Waals surface area contributed by atoms with Crippen LogP contribution < -0.4 is 5.32 Å². The summed E-state index contributed by atoms with van der Waals surface area (Å²) in [5, 5.41) is 3.11. The molecule has 0 aromatic carbocycles. The van der Waals surface area contributed by atoms with Crippen LogP contribution in [0.1, 0.15) is 111 Å². The molecule has 1 aliphatic rings. The zero-order valence-electron chi connectivity index (χ0n) is 19.8. The minimum absolute atomic E-state index is 0.0580. The Bertz CT molecular complexity index is 500.